The Hall–Kier alpha value is 0.220. The van der Waals surface area contributed by atoms with E-state index in [1.54, 1.807) is 25.7 Å². The van der Waals surface area contributed by atoms with Crippen LogP contribution in [-0.4, -0.2) is 45.3 Å². The quantitative estimate of drug-likeness (QED) is 0.670. The van der Waals surface area contributed by atoms with Gasteiger partial charge in [-0.15, -0.1) is 0 Å². The van der Waals surface area contributed by atoms with Crippen molar-refractivity contribution >= 4 is 21.8 Å². The summed E-state index contributed by atoms with van der Waals surface area (Å²) in [5.41, 5.74) is 0. The Bertz CT molecular complexity index is 242. The predicted molar refractivity (Wildman–Crippen MR) is 63.3 cm³/mol. The number of rotatable bonds is 7. The molecule has 0 saturated carbocycles. The van der Waals surface area contributed by atoms with Crippen molar-refractivity contribution in [3.8, 4) is 0 Å². The highest BCUT2D eigenvalue weighted by Crippen LogP contribution is 2.04. The summed E-state index contributed by atoms with van der Waals surface area (Å²) in [6.45, 7) is 4.67. The van der Waals surface area contributed by atoms with Crippen molar-refractivity contribution in [2.24, 2.45) is 0 Å². The second kappa shape index (κ2) is 6.66. The molecule has 0 amide bonds. The fourth-order valence-electron chi connectivity index (χ4n) is 0.856. The van der Waals surface area contributed by atoms with Gasteiger partial charge in [-0.25, -0.2) is 13.1 Å². The summed E-state index contributed by atoms with van der Waals surface area (Å²) < 4.78 is 25.8. The van der Waals surface area contributed by atoms with Crippen molar-refractivity contribution in [2.75, 3.05) is 26.4 Å². The van der Waals surface area contributed by atoms with Gasteiger partial charge in [0.25, 0.3) is 0 Å². The molecule has 0 aliphatic carbocycles. The number of thioether (sulfide) groups is 1. The van der Waals surface area contributed by atoms with Crippen LogP contribution in [0.5, 0.6) is 0 Å². The van der Waals surface area contributed by atoms with Gasteiger partial charge in [0, 0.05) is 18.3 Å². The maximum atomic E-state index is 11.6. The molecule has 0 aromatic heterocycles. The zero-order chi connectivity index (χ0) is 11.2. The van der Waals surface area contributed by atoms with E-state index in [9.17, 15) is 8.42 Å². The van der Waals surface area contributed by atoms with Gasteiger partial charge in [0.1, 0.15) is 0 Å². The topological polar surface area (TPSA) is 58.2 Å². The fraction of sp³-hybridized carbons (Fsp3) is 1.00. The lowest BCUT2D eigenvalue weighted by atomic mass is 10.5. The molecular formula is C8H20N2O2S2. The lowest BCUT2D eigenvalue weighted by Gasteiger charge is -2.15. The van der Waals surface area contributed by atoms with Gasteiger partial charge in [-0.1, -0.05) is 6.92 Å². The smallest absolute Gasteiger partial charge is 0.215 e. The molecule has 86 valence electrons. The van der Waals surface area contributed by atoms with Crippen molar-refractivity contribution in [1.29, 1.82) is 0 Å². The first-order valence-electron chi connectivity index (χ1n) is 4.60. The van der Waals surface area contributed by atoms with Gasteiger partial charge in [-0.2, -0.15) is 11.8 Å². The first-order valence-corrected chi connectivity index (χ1v) is 7.43. The minimum atomic E-state index is -3.15. The summed E-state index contributed by atoms with van der Waals surface area (Å²) >= 11 is 1.65. The summed E-state index contributed by atoms with van der Waals surface area (Å²) in [4.78, 5) is 0. The van der Waals surface area contributed by atoms with Crippen LogP contribution in [0.1, 0.15) is 13.8 Å². The molecule has 2 N–H and O–H groups in total. The van der Waals surface area contributed by atoms with Crippen LogP contribution < -0.4 is 10.0 Å². The highest BCUT2D eigenvalue weighted by Gasteiger charge is 2.19. The Morgan fingerprint density at radius 1 is 1.29 bits per heavy atom. The lowest BCUT2D eigenvalue weighted by Crippen LogP contribution is -2.40. The van der Waals surface area contributed by atoms with Gasteiger partial charge in [0.15, 0.2) is 0 Å². The number of hydrogen-bond acceptors (Lipinski definition) is 4. The van der Waals surface area contributed by atoms with E-state index in [0.29, 0.717) is 18.3 Å². The van der Waals surface area contributed by atoms with Gasteiger partial charge in [-0.05, 0) is 20.2 Å². The highest BCUT2D eigenvalue weighted by atomic mass is 32.2. The van der Waals surface area contributed by atoms with E-state index in [1.807, 2.05) is 13.2 Å². The SMILES string of the molecule is CNCC(C)S(=O)(=O)NCC(C)SC. The van der Waals surface area contributed by atoms with Crippen LogP contribution in [0.25, 0.3) is 0 Å². The van der Waals surface area contributed by atoms with Crippen LogP contribution in [0.3, 0.4) is 0 Å². The molecule has 0 aliphatic rings. The van der Waals surface area contributed by atoms with Crippen molar-refractivity contribution in [1.82, 2.24) is 10.0 Å². The summed E-state index contributed by atoms with van der Waals surface area (Å²) in [5.74, 6) is 0. The number of sulfonamides is 1. The molecular weight excluding hydrogens is 220 g/mol. The van der Waals surface area contributed by atoms with Crippen LogP contribution in [0.15, 0.2) is 0 Å². The van der Waals surface area contributed by atoms with Crippen molar-refractivity contribution in [2.45, 2.75) is 24.3 Å². The number of nitrogens with one attached hydrogen (secondary N) is 2. The average molecular weight is 240 g/mol. The first-order chi connectivity index (χ1) is 6.44. The molecule has 0 fully saturated rings. The van der Waals surface area contributed by atoms with E-state index in [-0.39, 0.29) is 5.25 Å². The third-order valence-corrected chi connectivity index (χ3v) is 4.76. The monoisotopic (exact) mass is 240 g/mol. The maximum absolute atomic E-state index is 11.6. The molecule has 0 rings (SSSR count). The molecule has 2 unspecified atom stereocenters. The Morgan fingerprint density at radius 2 is 1.86 bits per heavy atom. The maximum Gasteiger partial charge on any atom is 0.215 e. The van der Waals surface area contributed by atoms with Crippen molar-refractivity contribution in [3.63, 3.8) is 0 Å². The third kappa shape index (κ3) is 5.19. The fourth-order valence-corrected chi connectivity index (χ4v) is 2.36. The van der Waals surface area contributed by atoms with Gasteiger partial charge in [-0.3, -0.25) is 0 Å². The summed E-state index contributed by atoms with van der Waals surface area (Å²) in [7, 11) is -1.41. The Morgan fingerprint density at radius 3 is 2.29 bits per heavy atom. The Balaban J connectivity index is 4.07. The van der Waals surface area contributed by atoms with Crippen LogP contribution in [0.4, 0.5) is 0 Å². The summed E-state index contributed by atoms with van der Waals surface area (Å²) in [5, 5.41) is 2.78. The van der Waals surface area contributed by atoms with Gasteiger partial charge in [0.2, 0.25) is 10.0 Å². The molecule has 0 spiro atoms. The first kappa shape index (κ1) is 14.2. The Labute approximate surface area is 91.3 Å². The molecule has 0 aromatic carbocycles. The summed E-state index contributed by atoms with van der Waals surface area (Å²) in [6, 6.07) is 0. The van der Waals surface area contributed by atoms with E-state index in [4.69, 9.17) is 0 Å². The molecule has 0 aliphatic heterocycles. The van der Waals surface area contributed by atoms with Gasteiger partial charge in [0.05, 0.1) is 5.25 Å². The predicted octanol–water partition coefficient (Wildman–Crippen LogP) is 0.265. The molecule has 0 bridgehead atoms. The van der Waals surface area contributed by atoms with E-state index in [1.165, 1.54) is 0 Å². The minimum absolute atomic E-state index is 0.312. The summed E-state index contributed by atoms with van der Waals surface area (Å²) in [6.07, 6.45) is 1.97. The molecule has 6 heteroatoms. The van der Waals surface area contributed by atoms with Crippen LogP contribution >= 0.6 is 11.8 Å². The zero-order valence-electron chi connectivity index (χ0n) is 9.20. The van der Waals surface area contributed by atoms with Crippen molar-refractivity contribution in [3.05, 3.63) is 0 Å². The van der Waals surface area contributed by atoms with Crippen LogP contribution in [0, 0.1) is 0 Å². The molecule has 0 saturated heterocycles. The largest absolute Gasteiger partial charge is 0.318 e. The molecule has 0 radical (unpaired) electrons. The highest BCUT2D eigenvalue weighted by molar-refractivity contribution is 7.99. The lowest BCUT2D eigenvalue weighted by molar-refractivity contribution is 0.563. The average Bonchev–Trinajstić information content (AvgIpc) is 2.14. The van der Waals surface area contributed by atoms with E-state index in [0.717, 1.165) is 0 Å². The van der Waals surface area contributed by atoms with Crippen LogP contribution in [-0.2, 0) is 10.0 Å². The molecule has 0 heterocycles. The van der Waals surface area contributed by atoms with E-state index in [2.05, 4.69) is 10.0 Å². The van der Waals surface area contributed by atoms with Gasteiger partial charge < -0.3 is 5.32 Å². The molecule has 0 aromatic rings. The van der Waals surface area contributed by atoms with E-state index < -0.39 is 10.0 Å². The Kier molecular flexibility index (Phi) is 6.76. The molecule has 4 nitrogen and oxygen atoms in total. The van der Waals surface area contributed by atoms with Gasteiger partial charge >= 0.3 is 0 Å². The third-order valence-electron chi connectivity index (χ3n) is 2.00. The number of hydrogen-bond donors (Lipinski definition) is 2. The molecule has 14 heavy (non-hydrogen) atoms. The molecule has 2 atom stereocenters. The second-order valence-electron chi connectivity index (χ2n) is 3.31. The zero-order valence-corrected chi connectivity index (χ0v) is 10.8. The minimum Gasteiger partial charge on any atom is -0.318 e. The van der Waals surface area contributed by atoms with Crippen LogP contribution in [0.2, 0.25) is 0 Å². The standard InChI is InChI=1S/C8H20N2O2S2/c1-7(13-4)5-10-14(11,12)8(2)6-9-3/h7-10H,5-6H2,1-4H3. The van der Waals surface area contributed by atoms with E-state index >= 15 is 0 Å². The normalized spacial score (nSPS) is 16.6. The second-order valence-corrected chi connectivity index (χ2v) is 6.77. The van der Waals surface area contributed by atoms with Crippen molar-refractivity contribution < 1.29 is 8.42 Å².